The van der Waals surface area contributed by atoms with Gasteiger partial charge in [0.25, 0.3) is 0 Å². The van der Waals surface area contributed by atoms with Gasteiger partial charge in [-0.15, -0.1) is 0 Å². The number of ether oxygens (including phenoxy) is 1. The summed E-state index contributed by atoms with van der Waals surface area (Å²) in [5, 5.41) is 0. The molecular weight excluding hydrogens is 424 g/mol. The van der Waals surface area contributed by atoms with E-state index < -0.39 is 5.69 Å². The fourth-order valence-corrected chi connectivity index (χ4v) is 4.68. The highest BCUT2D eigenvalue weighted by Crippen LogP contribution is 2.18. The van der Waals surface area contributed by atoms with Crippen LogP contribution >= 0.6 is 11.8 Å². The third-order valence-electron chi connectivity index (χ3n) is 5.70. The summed E-state index contributed by atoms with van der Waals surface area (Å²) in [6.45, 7) is 4.17. The van der Waals surface area contributed by atoms with Gasteiger partial charge in [0.15, 0.2) is 0 Å². The summed E-state index contributed by atoms with van der Waals surface area (Å²) in [7, 11) is 1.62. The van der Waals surface area contributed by atoms with E-state index in [1.165, 1.54) is 10.1 Å². The molecule has 32 heavy (non-hydrogen) atoms. The lowest BCUT2D eigenvalue weighted by molar-refractivity contribution is 0.414. The lowest BCUT2D eigenvalue weighted by Gasteiger charge is -2.29. The number of anilines is 1. The summed E-state index contributed by atoms with van der Waals surface area (Å²) >= 11 is 1.87. The van der Waals surface area contributed by atoms with Crippen LogP contribution in [0.15, 0.2) is 58.1 Å². The van der Waals surface area contributed by atoms with Crippen LogP contribution in [0.5, 0.6) is 5.75 Å². The maximum absolute atomic E-state index is 13.5. The molecule has 1 fully saturated rings. The highest BCUT2D eigenvalue weighted by molar-refractivity contribution is 7.99. The van der Waals surface area contributed by atoms with Crippen molar-refractivity contribution >= 4 is 17.7 Å². The molecule has 7 nitrogen and oxygen atoms in total. The smallest absolute Gasteiger partial charge is 0.355 e. The molecule has 3 aromatic rings. The molecule has 0 saturated carbocycles. The minimum atomic E-state index is -0.506. The third kappa shape index (κ3) is 4.91. The number of aryl methyl sites for hydroxylation is 1. The molecule has 1 aliphatic heterocycles. The fraction of sp³-hybridized carbons (Fsp3) is 0.375. The van der Waals surface area contributed by atoms with Gasteiger partial charge in [0.1, 0.15) is 5.75 Å². The van der Waals surface area contributed by atoms with Crippen LogP contribution in [0.3, 0.4) is 0 Å². The van der Waals surface area contributed by atoms with Crippen LogP contribution in [0.4, 0.5) is 5.95 Å². The third-order valence-corrected chi connectivity index (χ3v) is 6.64. The molecule has 168 valence electrons. The first kappa shape index (κ1) is 22.2. The van der Waals surface area contributed by atoms with Gasteiger partial charge in [0, 0.05) is 24.6 Å². The largest absolute Gasteiger partial charge is 0.497 e. The molecule has 1 saturated heterocycles. The first-order valence-corrected chi connectivity index (χ1v) is 12.0. The molecular formula is C24H28N4O3S. The van der Waals surface area contributed by atoms with E-state index >= 15 is 0 Å². The van der Waals surface area contributed by atoms with Gasteiger partial charge in [-0.05, 0) is 35.2 Å². The molecule has 0 aliphatic carbocycles. The van der Waals surface area contributed by atoms with Crippen molar-refractivity contribution in [2.45, 2.75) is 26.4 Å². The minimum Gasteiger partial charge on any atom is -0.497 e. The van der Waals surface area contributed by atoms with E-state index in [0.717, 1.165) is 47.9 Å². The first-order chi connectivity index (χ1) is 15.6. The van der Waals surface area contributed by atoms with Crippen LogP contribution < -0.4 is 21.0 Å². The molecule has 0 atom stereocenters. The first-order valence-electron chi connectivity index (χ1n) is 10.8. The van der Waals surface area contributed by atoms with Gasteiger partial charge in [0.05, 0.1) is 20.2 Å². The number of methoxy groups -OCH3 is 1. The zero-order valence-corrected chi connectivity index (χ0v) is 19.3. The summed E-state index contributed by atoms with van der Waals surface area (Å²) in [5.41, 5.74) is 2.22. The zero-order chi connectivity index (χ0) is 22.5. The summed E-state index contributed by atoms with van der Waals surface area (Å²) in [4.78, 5) is 32.9. The summed E-state index contributed by atoms with van der Waals surface area (Å²) in [5.74, 6) is 3.11. The number of rotatable bonds is 7. The Kier molecular flexibility index (Phi) is 6.99. The Morgan fingerprint density at radius 3 is 2.03 bits per heavy atom. The van der Waals surface area contributed by atoms with Gasteiger partial charge in [-0.3, -0.25) is 4.57 Å². The second-order valence-electron chi connectivity index (χ2n) is 7.77. The van der Waals surface area contributed by atoms with Crippen molar-refractivity contribution in [2.24, 2.45) is 0 Å². The Morgan fingerprint density at radius 2 is 1.44 bits per heavy atom. The number of hydrogen-bond donors (Lipinski definition) is 0. The Bertz CT molecular complexity index is 1160. The van der Waals surface area contributed by atoms with Crippen LogP contribution in [-0.4, -0.2) is 45.8 Å². The molecule has 1 aliphatic rings. The Labute approximate surface area is 191 Å². The second kappa shape index (κ2) is 10.1. The molecule has 0 amide bonds. The van der Waals surface area contributed by atoms with Crippen LogP contribution in [0.2, 0.25) is 0 Å². The van der Waals surface area contributed by atoms with E-state index in [-0.39, 0.29) is 12.2 Å². The van der Waals surface area contributed by atoms with Crippen molar-refractivity contribution in [3.8, 4) is 5.75 Å². The topological polar surface area (TPSA) is 69.4 Å². The molecule has 2 aromatic carbocycles. The predicted molar refractivity (Wildman–Crippen MR) is 129 cm³/mol. The van der Waals surface area contributed by atoms with Crippen LogP contribution in [-0.2, 0) is 19.5 Å². The number of aromatic nitrogens is 3. The quantitative estimate of drug-likeness (QED) is 0.549. The normalized spacial score (nSPS) is 13.9. The van der Waals surface area contributed by atoms with Crippen molar-refractivity contribution < 1.29 is 4.74 Å². The minimum absolute atomic E-state index is 0.202. The van der Waals surface area contributed by atoms with E-state index in [4.69, 9.17) is 4.74 Å². The van der Waals surface area contributed by atoms with E-state index in [1.54, 1.807) is 11.7 Å². The fourth-order valence-electron chi connectivity index (χ4n) is 3.77. The summed E-state index contributed by atoms with van der Waals surface area (Å²) in [6, 6.07) is 15.6. The number of thioether (sulfide) groups is 1. The molecule has 0 radical (unpaired) electrons. The van der Waals surface area contributed by atoms with Crippen LogP contribution in [0, 0.1) is 0 Å². The molecule has 2 heterocycles. The molecule has 0 spiro atoms. The average Bonchev–Trinajstić information content (AvgIpc) is 2.84. The molecule has 0 unspecified atom stereocenters. The van der Waals surface area contributed by atoms with Crippen molar-refractivity contribution in [3.63, 3.8) is 0 Å². The lowest BCUT2D eigenvalue weighted by atomic mass is 10.1. The van der Waals surface area contributed by atoms with Crippen LogP contribution in [0.25, 0.3) is 0 Å². The molecule has 4 rings (SSSR count). The van der Waals surface area contributed by atoms with Gasteiger partial charge in [-0.25, -0.2) is 14.2 Å². The monoisotopic (exact) mass is 452 g/mol. The van der Waals surface area contributed by atoms with E-state index in [9.17, 15) is 9.59 Å². The van der Waals surface area contributed by atoms with Gasteiger partial charge in [0.2, 0.25) is 5.95 Å². The van der Waals surface area contributed by atoms with Crippen LogP contribution in [0.1, 0.15) is 23.6 Å². The van der Waals surface area contributed by atoms with Gasteiger partial charge in [-0.2, -0.15) is 16.7 Å². The highest BCUT2D eigenvalue weighted by Gasteiger charge is 2.21. The van der Waals surface area contributed by atoms with Crippen molar-refractivity contribution in [3.05, 3.63) is 86.2 Å². The standard InChI is InChI=1S/C24H28N4O3S/c1-3-18-4-6-19(7-5-18)17-28-23(29)25-22(26-12-14-32-15-13-26)27(24(28)30)16-20-8-10-21(31-2)11-9-20/h4-11H,3,12-17H2,1-2H3. The average molecular weight is 453 g/mol. The zero-order valence-electron chi connectivity index (χ0n) is 18.5. The van der Waals surface area contributed by atoms with Gasteiger partial charge in [-0.1, -0.05) is 43.3 Å². The number of hydrogen-bond acceptors (Lipinski definition) is 6. The maximum Gasteiger partial charge on any atom is 0.355 e. The Morgan fingerprint density at radius 1 is 0.875 bits per heavy atom. The maximum atomic E-state index is 13.5. The summed E-state index contributed by atoms with van der Waals surface area (Å²) in [6.07, 6.45) is 0.944. The SMILES string of the molecule is CCc1ccc(Cn2c(=O)nc(N3CCSCC3)n(Cc3ccc(OC)cc3)c2=O)cc1. The number of nitrogens with zero attached hydrogens (tertiary/aromatic N) is 4. The molecule has 8 heteroatoms. The number of benzene rings is 2. The molecule has 1 aromatic heterocycles. The van der Waals surface area contributed by atoms with Crippen molar-refractivity contribution in [2.75, 3.05) is 36.6 Å². The van der Waals surface area contributed by atoms with E-state index in [2.05, 4.69) is 11.9 Å². The van der Waals surface area contributed by atoms with Gasteiger partial charge < -0.3 is 9.64 Å². The van der Waals surface area contributed by atoms with E-state index in [0.29, 0.717) is 12.5 Å². The van der Waals surface area contributed by atoms with Gasteiger partial charge >= 0.3 is 11.4 Å². The van der Waals surface area contributed by atoms with Crippen molar-refractivity contribution in [1.82, 2.24) is 14.1 Å². The van der Waals surface area contributed by atoms with Crippen molar-refractivity contribution in [1.29, 1.82) is 0 Å². The molecule has 0 N–H and O–H groups in total. The summed E-state index contributed by atoms with van der Waals surface area (Å²) < 4.78 is 8.10. The Balaban J connectivity index is 1.74. The predicted octanol–water partition coefficient (Wildman–Crippen LogP) is 2.63. The Hall–Kier alpha value is -3.00. The van der Waals surface area contributed by atoms with E-state index in [1.807, 2.05) is 65.2 Å². The lowest BCUT2D eigenvalue weighted by Crippen LogP contribution is -2.47. The molecule has 0 bridgehead atoms. The highest BCUT2D eigenvalue weighted by atomic mass is 32.2. The second-order valence-corrected chi connectivity index (χ2v) is 8.99.